The largest absolute Gasteiger partial charge is 0.432 e. The minimum absolute atomic E-state index is 0.127. The standard InChI is InChI=1S/C48H78O18/c1-21-11-16-48(42(59)66-40-36(58)33(55)30(52)24(19-49)62-40)18-17-45(6)23(38(48)47(21,8)60)9-10-27-44(5)14-13-28(43(3,4)26(44)12-15-46(27,45)7)64-41-37(34(56)31(53)25(20-50)63-41)65-39-35(57)32(54)29(51)22(2)61-39/h9,21-22,24-41,49-58,60H,10-20H2,1-8H3/t21-,22+,24-,25-,26+,27-,28+,29+,30-,31-,32-,33+,34+,35-,36-,37-,38-,39+,40+,41+,44+,45-,46-,47-,48+/m1/s1. The Hall–Kier alpha value is -1.43. The number of hydrogen-bond donors (Lipinski definition) is 11. The van der Waals surface area contributed by atoms with Crippen LogP contribution in [-0.4, -0.2) is 179 Å². The number of ether oxygens (including phenoxy) is 6. The Morgan fingerprint density at radius 2 is 1.26 bits per heavy atom. The van der Waals surface area contributed by atoms with Gasteiger partial charge in [0.25, 0.3) is 0 Å². The van der Waals surface area contributed by atoms with Gasteiger partial charge in [-0.1, -0.05) is 53.2 Å². The van der Waals surface area contributed by atoms with E-state index in [2.05, 4.69) is 40.7 Å². The quantitative estimate of drug-likeness (QED) is 0.0877. The fraction of sp³-hybridized carbons (Fsp3) is 0.938. The van der Waals surface area contributed by atoms with Crippen LogP contribution in [-0.2, 0) is 33.2 Å². The van der Waals surface area contributed by atoms with Gasteiger partial charge in [-0.15, -0.1) is 0 Å². The van der Waals surface area contributed by atoms with Crippen molar-refractivity contribution in [3.63, 3.8) is 0 Å². The summed E-state index contributed by atoms with van der Waals surface area (Å²) < 4.78 is 36.2. The normalized spacial score (nSPS) is 55.9. The molecule has 7 fully saturated rings. The lowest BCUT2D eigenvalue weighted by molar-refractivity contribution is -0.376. The van der Waals surface area contributed by atoms with Gasteiger partial charge in [0.2, 0.25) is 6.29 Å². The first-order chi connectivity index (χ1) is 30.8. The molecule has 5 aliphatic carbocycles. The van der Waals surface area contributed by atoms with Gasteiger partial charge in [0.1, 0.15) is 67.1 Å². The number of fused-ring (bicyclic) bond motifs is 7. The van der Waals surface area contributed by atoms with Gasteiger partial charge in [0.05, 0.1) is 36.4 Å². The van der Waals surface area contributed by atoms with Gasteiger partial charge in [-0.2, -0.15) is 0 Å². The summed E-state index contributed by atoms with van der Waals surface area (Å²) in [6.07, 6.45) is -14.7. The highest BCUT2D eigenvalue weighted by Crippen LogP contribution is 2.76. The fourth-order valence-corrected chi connectivity index (χ4v) is 15.2. The van der Waals surface area contributed by atoms with E-state index in [-0.39, 0.29) is 28.6 Å². The van der Waals surface area contributed by atoms with Crippen LogP contribution < -0.4 is 0 Å². The molecule has 3 saturated heterocycles. The smallest absolute Gasteiger partial charge is 0.315 e. The first kappa shape index (κ1) is 50.9. The highest BCUT2D eigenvalue weighted by atomic mass is 16.8. The Labute approximate surface area is 387 Å². The predicted octanol–water partition coefficient (Wildman–Crippen LogP) is 0.139. The molecular formula is C48H78O18. The van der Waals surface area contributed by atoms with E-state index >= 15 is 0 Å². The molecule has 0 unspecified atom stereocenters. The second kappa shape index (κ2) is 17.7. The number of esters is 1. The van der Waals surface area contributed by atoms with Crippen molar-refractivity contribution in [3.05, 3.63) is 11.6 Å². The molecule has 11 N–H and O–H groups in total. The van der Waals surface area contributed by atoms with Crippen molar-refractivity contribution in [1.82, 2.24) is 0 Å². The van der Waals surface area contributed by atoms with Crippen LogP contribution in [0.2, 0.25) is 0 Å². The lowest BCUT2D eigenvalue weighted by Gasteiger charge is -2.72. The van der Waals surface area contributed by atoms with Gasteiger partial charge in [0, 0.05) is 5.92 Å². The maximum atomic E-state index is 14.8. The van der Waals surface area contributed by atoms with Gasteiger partial charge >= 0.3 is 5.97 Å². The summed E-state index contributed by atoms with van der Waals surface area (Å²) in [6, 6.07) is 0. The third-order valence-electron chi connectivity index (χ3n) is 19.7. The second-order valence-corrected chi connectivity index (χ2v) is 23.1. The lowest BCUT2D eigenvalue weighted by Crippen LogP contribution is -2.68. The van der Waals surface area contributed by atoms with Crippen molar-refractivity contribution < 1.29 is 89.4 Å². The summed E-state index contributed by atoms with van der Waals surface area (Å²) >= 11 is 0. The van der Waals surface area contributed by atoms with E-state index in [0.717, 1.165) is 24.8 Å². The molecule has 18 heteroatoms. The van der Waals surface area contributed by atoms with E-state index < -0.39 is 145 Å². The summed E-state index contributed by atoms with van der Waals surface area (Å²) in [4.78, 5) is 14.8. The number of carbonyl (C=O) groups is 1. The Kier molecular flexibility index (Phi) is 13.7. The van der Waals surface area contributed by atoms with E-state index in [1.165, 1.54) is 6.92 Å². The van der Waals surface area contributed by atoms with Crippen LogP contribution in [0.15, 0.2) is 11.6 Å². The molecule has 378 valence electrons. The molecule has 0 spiro atoms. The Balaban J connectivity index is 1.06. The Morgan fingerprint density at radius 3 is 1.91 bits per heavy atom. The molecule has 0 aromatic rings. The Bertz CT molecular complexity index is 1810. The van der Waals surface area contributed by atoms with Crippen molar-refractivity contribution in [2.75, 3.05) is 13.2 Å². The van der Waals surface area contributed by atoms with Crippen LogP contribution in [0.1, 0.15) is 113 Å². The maximum Gasteiger partial charge on any atom is 0.315 e. The topological polar surface area (TPSA) is 295 Å². The summed E-state index contributed by atoms with van der Waals surface area (Å²) in [5.41, 5.74) is -2.86. The number of hydrogen-bond acceptors (Lipinski definition) is 18. The van der Waals surface area contributed by atoms with Crippen LogP contribution >= 0.6 is 0 Å². The molecule has 25 atom stereocenters. The third kappa shape index (κ3) is 7.52. The average Bonchev–Trinajstić information content (AvgIpc) is 3.26. The first-order valence-electron chi connectivity index (χ1n) is 24.3. The summed E-state index contributed by atoms with van der Waals surface area (Å²) in [5.74, 6) is -1.13. The molecule has 0 aromatic heterocycles. The summed E-state index contributed by atoms with van der Waals surface area (Å²) in [5, 5.41) is 118. The van der Waals surface area contributed by atoms with Gasteiger partial charge in [-0.3, -0.25) is 4.79 Å². The maximum absolute atomic E-state index is 14.8. The van der Waals surface area contributed by atoms with Crippen molar-refractivity contribution in [3.8, 4) is 0 Å². The molecule has 18 nitrogen and oxygen atoms in total. The van der Waals surface area contributed by atoms with E-state index in [0.29, 0.717) is 38.5 Å². The van der Waals surface area contributed by atoms with E-state index in [4.69, 9.17) is 28.4 Å². The molecule has 8 aliphatic rings. The highest BCUT2D eigenvalue weighted by molar-refractivity contribution is 5.79. The fourth-order valence-electron chi connectivity index (χ4n) is 15.2. The monoisotopic (exact) mass is 943 g/mol. The molecule has 66 heavy (non-hydrogen) atoms. The van der Waals surface area contributed by atoms with Crippen LogP contribution in [0.5, 0.6) is 0 Å². The molecule has 3 aliphatic heterocycles. The lowest BCUT2D eigenvalue weighted by atomic mass is 9.33. The Morgan fingerprint density at radius 1 is 0.652 bits per heavy atom. The van der Waals surface area contributed by atoms with E-state index in [1.54, 1.807) is 0 Å². The van der Waals surface area contributed by atoms with Gasteiger partial charge in [0.15, 0.2) is 12.6 Å². The number of allylic oxidation sites excluding steroid dienone is 1. The van der Waals surface area contributed by atoms with Crippen molar-refractivity contribution in [2.45, 2.75) is 217 Å². The SMILES string of the molecule is C[C@@H]1O[C@@H](O[C@H]2[C@H](O[C@H]3CC[C@]4(C)[C@H]5CC=C6[C@H]7[C@](C(=O)O[C@@H]8O[C@H](CO)[C@@H](O)[C@H](O)[C@H]8O)(CC[C@@H](C)[C@@]7(C)O)CC[C@@]6(C)[C@]5(C)CC[C@H]4C3(C)C)O[C@H](CO)[C@@H](O)[C@@H]2O)[C@H](O)[C@H](O)[C@H]1O. The minimum Gasteiger partial charge on any atom is -0.432 e. The predicted molar refractivity (Wildman–Crippen MR) is 230 cm³/mol. The molecule has 3 heterocycles. The average molecular weight is 943 g/mol. The van der Waals surface area contributed by atoms with Gasteiger partial charge in [-0.25, -0.2) is 0 Å². The van der Waals surface area contributed by atoms with Crippen LogP contribution in [0.3, 0.4) is 0 Å². The van der Waals surface area contributed by atoms with E-state index in [1.807, 2.05) is 13.8 Å². The zero-order valence-electron chi connectivity index (χ0n) is 39.7. The van der Waals surface area contributed by atoms with Crippen LogP contribution in [0.25, 0.3) is 0 Å². The molecule has 8 rings (SSSR count). The number of carbonyl (C=O) groups excluding carboxylic acids is 1. The number of aliphatic hydroxyl groups is 11. The molecule has 0 aromatic carbocycles. The van der Waals surface area contributed by atoms with E-state index in [9.17, 15) is 61.0 Å². The molecule has 0 bridgehead atoms. The second-order valence-electron chi connectivity index (χ2n) is 23.1. The van der Waals surface area contributed by atoms with Crippen molar-refractivity contribution >= 4 is 5.97 Å². The van der Waals surface area contributed by atoms with Gasteiger partial charge < -0.3 is 84.6 Å². The zero-order chi connectivity index (χ0) is 48.4. The number of aliphatic hydroxyl groups excluding tert-OH is 10. The zero-order valence-corrected chi connectivity index (χ0v) is 39.7. The summed E-state index contributed by atoms with van der Waals surface area (Å²) in [7, 11) is 0. The first-order valence-corrected chi connectivity index (χ1v) is 24.3. The van der Waals surface area contributed by atoms with Gasteiger partial charge in [-0.05, 0) is 111 Å². The van der Waals surface area contributed by atoms with Crippen LogP contribution in [0, 0.1) is 50.7 Å². The highest BCUT2D eigenvalue weighted by Gasteiger charge is 2.72. The third-order valence-corrected chi connectivity index (χ3v) is 19.7. The van der Waals surface area contributed by atoms with Crippen molar-refractivity contribution in [1.29, 1.82) is 0 Å². The molecule has 0 radical (unpaired) electrons. The van der Waals surface area contributed by atoms with Crippen molar-refractivity contribution in [2.24, 2.45) is 50.7 Å². The molecule has 4 saturated carbocycles. The molecule has 0 amide bonds. The molecular weight excluding hydrogens is 865 g/mol. The van der Waals surface area contributed by atoms with Crippen LogP contribution in [0.4, 0.5) is 0 Å². The minimum atomic E-state index is -1.76. The summed E-state index contributed by atoms with van der Waals surface area (Å²) in [6.45, 7) is 15.4. The number of rotatable bonds is 8.